The summed E-state index contributed by atoms with van der Waals surface area (Å²) in [6.07, 6.45) is 2.01. The highest BCUT2D eigenvalue weighted by Gasteiger charge is 1.95. The van der Waals surface area contributed by atoms with Gasteiger partial charge in [-0.2, -0.15) is 0 Å². The van der Waals surface area contributed by atoms with Crippen LogP contribution in [0.3, 0.4) is 0 Å². The van der Waals surface area contributed by atoms with Crippen molar-refractivity contribution in [1.82, 2.24) is 0 Å². The van der Waals surface area contributed by atoms with Gasteiger partial charge in [0.25, 0.3) is 0 Å². The summed E-state index contributed by atoms with van der Waals surface area (Å²) in [5.74, 6) is 0.695. The van der Waals surface area contributed by atoms with E-state index in [9.17, 15) is 4.79 Å². The Labute approximate surface area is 65.9 Å². The van der Waals surface area contributed by atoms with E-state index in [0.29, 0.717) is 5.76 Å². The third-order valence-electron chi connectivity index (χ3n) is 1.49. The van der Waals surface area contributed by atoms with E-state index in [-0.39, 0.29) is 5.63 Å². The largest absolute Gasteiger partial charge is 0.428 e. The van der Waals surface area contributed by atoms with E-state index in [1.165, 1.54) is 0 Å². The quantitative estimate of drug-likeness (QED) is 0.647. The van der Waals surface area contributed by atoms with Crippen molar-refractivity contribution in [2.24, 2.45) is 0 Å². The van der Waals surface area contributed by atoms with E-state index in [1.807, 2.05) is 6.07 Å². The Hall–Kier alpha value is -1.05. The predicted molar refractivity (Wildman–Crippen MR) is 43.7 cm³/mol. The van der Waals surface area contributed by atoms with Crippen molar-refractivity contribution in [3.63, 3.8) is 0 Å². The summed E-state index contributed by atoms with van der Waals surface area (Å²) in [5, 5.41) is 0. The van der Waals surface area contributed by atoms with Gasteiger partial charge in [0.15, 0.2) is 0 Å². The van der Waals surface area contributed by atoms with E-state index in [0.717, 1.165) is 18.4 Å². The van der Waals surface area contributed by atoms with Crippen LogP contribution in [0.2, 0.25) is 0 Å². The van der Waals surface area contributed by atoms with E-state index in [1.54, 1.807) is 13.0 Å². The maximum Gasteiger partial charge on any atom is 0.336 e. The number of rotatable bonds is 2. The number of hydrogen-bond acceptors (Lipinski definition) is 2. The molecule has 0 atom stereocenters. The van der Waals surface area contributed by atoms with Gasteiger partial charge in [-0.3, -0.25) is 0 Å². The van der Waals surface area contributed by atoms with Crippen LogP contribution in [0.4, 0.5) is 0 Å². The molecule has 0 aliphatic heterocycles. The highest BCUT2D eigenvalue weighted by Crippen LogP contribution is 2.02. The molecule has 1 aromatic rings. The fraction of sp³-hybridized carbons (Fsp3) is 0.444. The average Bonchev–Trinajstić information content (AvgIpc) is 1.85. The van der Waals surface area contributed by atoms with Gasteiger partial charge in [-0.1, -0.05) is 13.3 Å². The third-order valence-corrected chi connectivity index (χ3v) is 1.49. The Kier molecular flexibility index (Phi) is 2.47. The smallest absolute Gasteiger partial charge is 0.336 e. The van der Waals surface area contributed by atoms with Crippen molar-refractivity contribution in [2.75, 3.05) is 0 Å². The summed E-state index contributed by atoms with van der Waals surface area (Å²) in [7, 11) is 0. The van der Waals surface area contributed by atoms with E-state index in [4.69, 9.17) is 4.42 Å². The van der Waals surface area contributed by atoms with Crippen LogP contribution in [0.15, 0.2) is 21.3 Å². The van der Waals surface area contributed by atoms with Gasteiger partial charge in [0.1, 0.15) is 5.76 Å². The summed E-state index contributed by atoms with van der Waals surface area (Å²) in [6, 6.07) is 3.46. The second-order valence-corrected chi connectivity index (χ2v) is 2.65. The van der Waals surface area contributed by atoms with E-state index >= 15 is 0 Å². The molecular weight excluding hydrogens is 140 g/mol. The minimum Gasteiger partial charge on any atom is -0.428 e. The van der Waals surface area contributed by atoms with Crippen LogP contribution in [-0.4, -0.2) is 0 Å². The van der Waals surface area contributed by atoms with Gasteiger partial charge >= 0.3 is 5.63 Å². The first kappa shape index (κ1) is 8.05. The fourth-order valence-corrected chi connectivity index (χ4v) is 1.10. The van der Waals surface area contributed by atoms with Gasteiger partial charge < -0.3 is 4.42 Å². The first-order valence-electron chi connectivity index (χ1n) is 3.83. The molecule has 0 bridgehead atoms. The van der Waals surface area contributed by atoms with Crippen LogP contribution in [-0.2, 0) is 6.42 Å². The molecule has 0 saturated carbocycles. The summed E-state index contributed by atoms with van der Waals surface area (Å²) in [4.78, 5) is 10.8. The van der Waals surface area contributed by atoms with Gasteiger partial charge in [-0.05, 0) is 25.0 Å². The monoisotopic (exact) mass is 152 g/mol. The molecule has 1 aromatic heterocycles. The molecule has 0 unspecified atom stereocenters. The number of aryl methyl sites for hydroxylation is 2. The standard InChI is InChI=1S/C9H12O2/c1-3-4-8-5-7(2)11-9(10)6-8/h5-6H,3-4H2,1-2H3. The van der Waals surface area contributed by atoms with Crippen molar-refractivity contribution in [2.45, 2.75) is 26.7 Å². The lowest BCUT2D eigenvalue weighted by molar-refractivity contribution is 0.477. The first-order valence-corrected chi connectivity index (χ1v) is 3.83. The van der Waals surface area contributed by atoms with Crippen LogP contribution >= 0.6 is 0 Å². The summed E-state index contributed by atoms with van der Waals surface area (Å²) in [5.41, 5.74) is 0.828. The Balaban J connectivity index is 2.99. The van der Waals surface area contributed by atoms with Crippen LogP contribution in [0.5, 0.6) is 0 Å². The Morgan fingerprint density at radius 2 is 2.18 bits per heavy atom. The molecule has 0 amide bonds. The molecule has 2 nitrogen and oxygen atoms in total. The third kappa shape index (κ3) is 2.22. The van der Waals surface area contributed by atoms with Crippen LogP contribution in [0.25, 0.3) is 0 Å². The highest BCUT2D eigenvalue weighted by molar-refractivity contribution is 5.12. The van der Waals surface area contributed by atoms with Gasteiger partial charge in [0, 0.05) is 6.07 Å². The molecule has 1 heterocycles. The summed E-state index contributed by atoms with van der Waals surface area (Å²) < 4.78 is 4.81. The molecule has 0 spiro atoms. The normalized spacial score (nSPS) is 10.0. The zero-order chi connectivity index (χ0) is 8.27. The van der Waals surface area contributed by atoms with Gasteiger partial charge in [0.2, 0.25) is 0 Å². The molecule has 0 N–H and O–H groups in total. The molecule has 60 valence electrons. The lowest BCUT2D eigenvalue weighted by atomic mass is 10.1. The van der Waals surface area contributed by atoms with Crippen LogP contribution in [0.1, 0.15) is 24.7 Å². The average molecular weight is 152 g/mol. The molecule has 11 heavy (non-hydrogen) atoms. The predicted octanol–water partition coefficient (Wildman–Crippen LogP) is 1.90. The number of hydrogen-bond donors (Lipinski definition) is 0. The van der Waals surface area contributed by atoms with Crippen LogP contribution in [0, 0.1) is 6.92 Å². The van der Waals surface area contributed by atoms with E-state index < -0.39 is 0 Å². The van der Waals surface area contributed by atoms with Crippen molar-refractivity contribution in [1.29, 1.82) is 0 Å². The van der Waals surface area contributed by atoms with Gasteiger partial charge in [0.05, 0.1) is 0 Å². The molecule has 2 heteroatoms. The molecule has 0 aromatic carbocycles. The van der Waals surface area contributed by atoms with Gasteiger partial charge in [-0.25, -0.2) is 4.79 Å². The second kappa shape index (κ2) is 3.37. The zero-order valence-electron chi connectivity index (χ0n) is 6.89. The van der Waals surface area contributed by atoms with Crippen molar-refractivity contribution < 1.29 is 4.42 Å². The van der Waals surface area contributed by atoms with Crippen molar-refractivity contribution >= 4 is 0 Å². The summed E-state index contributed by atoms with van der Waals surface area (Å²) in [6.45, 7) is 3.88. The summed E-state index contributed by atoms with van der Waals surface area (Å²) >= 11 is 0. The topological polar surface area (TPSA) is 30.2 Å². The molecule has 0 radical (unpaired) electrons. The van der Waals surface area contributed by atoms with Crippen LogP contribution < -0.4 is 5.63 Å². The fourth-order valence-electron chi connectivity index (χ4n) is 1.10. The minimum atomic E-state index is -0.242. The minimum absolute atomic E-state index is 0.242. The highest BCUT2D eigenvalue weighted by atomic mass is 16.4. The zero-order valence-corrected chi connectivity index (χ0v) is 6.89. The SMILES string of the molecule is CCCc1cc(C)oc(=O)c1. The maximum absolute atomic E-state index is 10.8. The Morgan fingerprint density at radius 1 is 1.45 bits per heavy atom. The Morgan fingerprint density at radius 3 is 2.73 bits per heavy atom. The molecule has 0 fully saturated rings. The Bertz CT molecular complexity index is 286. The first-order chi connectivity index (χ1) is 5.22. The lowest BCUT2D eigenvalue weighted by Gasteiger charge is -1.96. The van der Waals surface area contributed by atoms with Crippen molar-refractivity contribution in [3.05, 3.63) is 33.9 Å². The van der Waals surface area contributed by atoms with Gasteiger partial charge in [-0.15, -0.1) is 0 Å². The second-order valence-electron chi connectivity index (χ2n) is 2.65. The molecular formula is C9H12O2. The van der Waals surface area contributed by atoms with Crippen molar-refractivity contribution in [3.8, 4) is 0 Å². The molecule has 0 saturated heterocycles. The maximum atomic E-state index is 10.8. The molecule has 0 aliphatic rings. The lowest BCUT2D eigenvalue weighted by Crippen LogP contribution is -2.00. The molecule has 1 rings (SSSR count). The van der Waals surface area contributed by atoms with E-state index in [2.05, 4.69) is 6.92 Å². The molecule has 0 aliphatic carbocycles.